The maximum atomic E-state index is 12.6. The van der Waals surface area contributed by atoms with Gasteiger partial charge in [-0.3, -0.25) is 9.59 Å². The van der Waals surface area contributed by atoms with Crippen LogP contribution in [0.2, 0.25) is 0 Å². The smallest absolute Gasteiger partial charge is 0.250 e. The fourth-order valence-corrected chi connectivity index (χ4v) is 5.09. The van der Waals surface area contributed by atoms with E-state index in [1.165, 1.54) is 0 Å². The number of nitrogens with zero attached hydrogens (tertiary/aromatic N) is 1. The Kier molecular flexibility index (Phi) is 5.21. The average Bonchev–Trinajstić information content (AvgIpc) is 3.17. The molecule has 0 aliphatic carbocycles. The van der Waals surface area contributed by atoms with Crippen molar-refractivity contribution in [3.05, 3.63) is 65.2 Å². The first-order chi connectivity index (χ1) is 16.2. The molecule has 0 saturated carbocycles. The Bertz CT molecular complexity index is 1460. The summed E-state index contributed by atoms with van der Waals surface area (Å²) in [5.41, 5.74) is 11.3. The molecular weight excluding hydrogens is 426 g/mol. The van der Waals surface area contributed by atoms with Crippen molar-refractivity contribution < 1.29 is 14.7 Å². The van der Waals surface area contributed by atoms with Gasteiger partial charge in [0.1, 0.15) is 0 Å². The van der Waals surface area contributed by atoms with Crippen LogP contribution in [-0.2, 0) is 10.4 Å². The molecule has 174 valence electrons. The van der Waals surface area contributed by atoms with Crippen LogP contribution < -0.4 is 10.6 Å². The van der Waals surface area contributed by atoms with E-state index < -0.39 is 11.5 Å². The molecule has 0 spiro atoms. The number of aliphatic hydroxyl groups is 1. The van der Waals surface area contributed by atoms with Crippen LogP contribution in [0, 0.1) is 6.92 Å². The van der Waals surface area contributed by atoms with Gasteiger partial charge >= 0.3 is 0 Å². The molecule has 1 aliphatic rings. The van der Waals surface area contributed by atoms with Gasteiger partial charge in [0.25, 0.3) is 5.91 Å². The van der Waals surface area contributed by atoms with Crippen LogP contribution >= 0.6 is 0 Å². The molecule has 2 amide bonds. The summed E-state index contributed by atoms with van der Waals surface area (Å²) in [6.45, 7) is 6.26. The zero-order chi connectivity index (χ0) is 24.2. The number of nitrogens with one attached hydrogen (secondary N) is 1. The molecule has 6 nitrogen and oxygen atoms in total. The number of carbonyl (C=O) groups is 2. The topological polar surface area (TPSA) is 99.4 Å². The molecule has 4 aromatic rings. The molecule has 2 heterocycles. The van der Waals surface area contributed by atoms with Gasteiger partial charge in [-0.1, -0.05) is 30.3 Å². The van der Waals surface area contributed by atoms with E-state index in [-0.39, 0.29) is 5.91 Å². The predicted molar refractivity (Wildman–Crippen MR) is 136 cm³/mol. The van der Waals surface area contributed by atoms with Gasteiger partial charge in [-0.2, -0.15) is 0 Å². The first-order valence-electron chi connectivity index (χ1n) is 11.7. The van der Waals surface area contributed by atoms with E-state index in [2.05, 4.69) is 11.1 Å². The summed E-state index contributed by atoms with van der Waals surface area (Å²) in [5, 5.41) is 12.3. The van der Waals surface area contributed by atoms with Gasteiger partial charge in [0.2, 0.25) is 5.91 Å². The average molecular weight is 456 g/mol. The van der Waals surface area contributed by atoms with Crippen molar-refractivity contribution in [1.29, 1.82) is 0 Å². The molecule has 4 N–H and O–H groups in total. The van der Waals surface area contributed by atoms with Gasteiger partial charge in [-0.05, 0) is 74.1 Å². The SMILES string of the molecule is Cc1c(-c2ccc(C(N)=O)c3[nH]c4cc(C(C)(C)O)ccc4c23)cccc1N1CCCCC1=O. The van der Waals surface area contributed by atoms with E-state index >= 15 is 0 Å². The molecular formula is C28H29N3O3. The fraction of sp³-hybridized carbons (Fsp3) is 0.286. The number of amides is 2. The number of anilines is 1. The summed E-state index contributed by atoms with van der Waals surface area (Å²) in [6.07, 6.45) is 2.51. The Balaban J connectivity index is 1.78. The second-order valence-corrected chi connectivity index (χ2v) is 9.67. The van der Waals surface area contributed by atoms with E-state index in [0.717, 1.165) is 63.6 Å². The van der Waals surface area contributed by atoms with Crippen molar-refractivity contribution in [2.45, 2.75) is 45.6 Å². The highest BCUT2D eigenvalue weighted by molar-refractivity contribution is 6.20. The molecule has 6 heteroatoms. The maximum absolute atomic E-state index is 12.6. The number of benzene rings is 3. The fourth-order valence-electron chi connectivity index (χ4n) is 5.09. The molecule has 34 heavy (non-hydrogen) atoms. The van der Waals surface area contributed by atoms with Crippen LogP contribution in [-0.4, -0.2) is 28.4 Å². The molecule has 1 saturated heterocycles. The van der Waals surface area contributed by atoms with E-state index in [9.17, 15) is 14.7 Å². The van der Waals surface area contributed by atoms with E-state index in [4.69, 9.17) is 5.73 Å². The molecule has 0 atom stereocenters. The number of aromatic amines is 1. The van der Waals surface area contributed by atoms with Crippen molar-refractivity contribution in [1.82, 2.24) is 4.98 Å². The highest BCUT2D eigenvalue weighted by atomic mass is 16.3. The van der Waals surface area contributed by atoms with Crippen LogP contribution in [0.5, 0.6) is 0 Å². The van der Waals surface area contributed by atoms with Crippen molar-refractivity contribution >= 4 is 39.3 Å². The number of rotatable bonds is 4. The number of piperidine rings is 1. The Labute approximate surface area is 198 Å². The molecule has 1 aliphatic heterocycles. The second kappa shape index (κ2) is 7.99. The van der Waals surface area contributed by atoms with E-state index in [0.29, 0.717) is 17.5 Å². The summed E-state index contributed by atoms with van der Waals surface area (Å²) in [5.74, 6) is -0.345. The molecule has 5 rings (SSSR count). The second-order valence-electron chi connectivity index (χ2n) is 9.67. The Morgan fingerprint density at radius 1 is 1.09 bits per heavy atom. The Morgan fingerprint density at radius 3 is 2.59 bits per heavy atom. The van der Waals surface area contributed by atoms with Gasteiger partial charge < -0.3 is 20.7 Å². The Morgan fingerprint density at radius 2 is 1.88 bits per heavy atom. The Hall–Kier alpha value is -3.64. The quantitative estimate of drug-likeness (QED) is 0.397. The largest absolute Gasteiger partial charge is 0.386 e. The predicted octanol–water partition coefficient (Wildman–Crippen LogP) is 5.14. The summed E-state index contributed by atoms with van der Waals surface area (Å²) >= 11 is 0. The zero-order valence-electron chi connectivity index (χ0n) is 19.7. The first kappa shape index (κ1) is 22.2. The molecule has 1 fully saturated rings. The number of hydrogen-bond acceptors (Lipinski definition) is 3. The lowest BCUT2D eigenvalue weighted by molar-refractivity contribution is -0.119. The van der Waals surface area contributed by atoms with Gasteiger partial charge in [0.05, 0.1) is 16.7 Å². The molecule has 0 unspecified atom stereocenters. The lowest BCUT2D eigenvalue weighted by Gasteiger charge is -2.29. The molecule has 0 bridgehead atoms. The number of primary amides is 1. The van der Waals surface area contributed by atoms with Crippen molar-refractivity contribution in [2.75, 3.05) is 11.4 Å². The van der Waals surface area contributed by atoms with Crippen LogP contribution in [0.15, 0.2) is 48.5 Å². The van der Waals surface area contributed by atoms with Crippen molar-refractivity contribution in [3.8, 4) is 11.1 Å². The van der Waals surface area contributed by atoms with Gasteiger partial charge in [-0.15, -0.1) is 0 Å². The highest BCUT2D eigenvalue weighted by Crippen LogP contribution is 2.40. The third kappa shape index (κ3) is 3.55. The minimum Gasteiger partial charge on any atom is -0.386 e. The van der Waals surface area contributed by atoms with Gasteiger partial charge in [0.15, 0.2) is 0 Å². The number of aromatic nitrogens is 1. The highest BCUT2D eigenvalue weighted by Gasteiger charge is 2.24. The third-order valence-electron chi connectivity index (χ3n) is 6.94. The monoisotopic (exact) mass is 455 g/mol. The van der Waals surface area contributed by atoms with Gasteiger partial charge in [0, 0.05) is 34.9 Å². The molecule has 1 aromatic heterocycles. The van der Waals surface area contributed by atoms with Crippen molar-refractivity contribution in [2.24, 2.45) is 5.73 Å². The van der Waals surface area contributed by atoms with Crippen LogP contribution in [0.4, 0.5) is 5.69 Å². The van der Waals surface area contributed by atoms with Crippen molar-refractivity contribution in [3.63, 3.8) is 0 Å². The summed E-state index contributed by atoms with van der Waals surface area (Å²) < 4.78 is 0. The molecule has 3 aromatic carbocycles. The summed E-state index contributed by atoms with van der Waals surface area (Å²) in [7, 11) is 0. The van der Waals surface area contributed by atoms with E-state index in [1.807, 2.05) is 48.2 Å². The maximum Gasteiger partial charge on any atom is 0.250 e. The summed E-state index contributed by atoms with van der Waals surface area (Å²) in [6, 6.07) is 15.5. The van der Waals surface area contributed by atoms with Gasteiger partial charge in [-0.25, -0.2) is 0 Å². The number of carbonyl (C=O) groups excluding carboxylic acids is 2. The lowest BCUT2D eigenvalue weighted by atomic mass is 9.92. The number of fused-ring (bicyclic) bond motifs is 3. The standard InChI is InChI=1S/C28H29N3O3/c1-16-18(7-6-8-23(16)31-14-5-4-9-24(31)32)19-12-13-21(27(29)33)26-25(19)20-11-10-17(28(2,3)34)15-22(20)30-26/h6-8,10-13,15,30,34H,4-5,9,14H2,1-3H3,(H2,29,33). The lowest BCUT2D eigenvalue weighted by Crippen LogP contribution is -2.35. The minimum absolute atomic E-state index is 0.159. The number of nitrogens with two attached hydrogens (primary N) is 1. The van der Waals surface area contributed by atoms with Crippen LogP contribution in [0.1, 0.15) is 54.6 Å². The first-order valence-corrected chi connectivity index (χ1v) is 11.7. The summed E-state index contributed by atoms with van der Waals surface area (Å²) in [4.78, 5) is 30.1. The minimum atomic E-state index is -0.993. The third-order valence-corrected chi connectivity index (χ3v) is 6.94. The number of H-pyrrole nitrogens is 1. The number of hydrogen-bond donors (Lipinski definition) is 3. The van der Waals surface area contributed by atoms with Crippen LogP contribution in [0.25, 0.3) is 32.9 Å². The van der Waals surface area contributed by atoms with E-state index in [1.54, 1.807) is 19.9 Å². The van der Waals surface area contributed by atoms with Crippen LogP contribution in [0.3, 0.4) is 0 Å². The normalized spacial score (nSPS) is 14.8. The zero-order valence-corrected chi connectivity index (χ0v) is 19.7. The molecule has 0 radical (unpaired) electrons.